The van der Waals surface area contributed by atoms with Crippen molar-refractivity contribution in [2.45, 2.75) is 46.0 Å². The Morgan fingerprint density at radius 3 is 2.35 bits per heavy atom. The summed E-state index contributed by atoms with van der Waals surface area (Å²) in [6.07, 6.45) is 5.07. The summed E-state index contributed by atoms with van der Waals surface area (Å²) in [4.78, 5) is 4.49. The zero-order valence-corrected chi connectivity index (χ0v) is 27.6. The number of nitrogens with zero attached hydrogens (tertiary/aromatic N) is 4. The molecule has 3 heterocycles. The van der Waals surface area contributed by atoms with E-state index >= 15 is 0 Å². The molecule has 1 aliphatic carbocycles. The lowest BCUT2D eigenvalue weighted by atomic mass is 9.70. The van der Waals surface area contributed by atoms with Crippen LogP contribution < -0.4 is 4.74 Å². The van der Waals surface area contributed by atoms with E-state index in [2.05, 4.69) is 92.0 Å². The molecule has 0 saturated carbocycles. The molecule has 0 amide bonds. The van der Waals surface area contributed by atoms with Gasteiger partial charge in [-0.05, 0) is 75.1 Å². The highest BCUT2D eigenvalue weighted by Crippen LogP contribution is 2.46. The maximum Gasteiger partial charge on any atom is 0.140 e. The van der Waals surface area contributed by atoms with Crippen LogP contribution in [0.25, 0.3) is 33.3 Å². The quantitative estimate of drug-likeness (QED) is 0.171. The minimum atomic E-state index is -0.331. The Morgan fingerprint density at radius 1 is 0.771 bits per heavy atom. The second-order valence-corrected chi connectivity index (χ2v) is 13.1. The summed E-state index contributed by atoms with van der Waals surface area (Å²) in [7, 11) is 0. The van der Waals surface area contributed by atoms with Crippen molar-refractivity contribution in [2.75, 3.05) is 0 Å². The Labute approximate surface area is 280 Å². The summed E-state index contributed by atoms with van der Waals surface area (Å²) >= 11 is 0. The third-order valence-corrected chi connectivity index (χ3v) is 9.92. The summed E-state index contributed by atoms with van der Waals surface area (Å²) in [5.74, 6) is 2.82. The van der Waals surface area contributed by atoms with Crippen molar-refractivity contribution < 1.29 is 9.13 Å². The number of pyridine rings is 1. The van der Waals surface area contributed by atoms with Gasteiger partial charge in [0.1, 0.15) is 23.1 Å². The number of aromatic nitrogens is 4. The third-order valence-electron chi connectivity index (χ3n) is 9.92. The topological polar surface area (TPSA) is 44.9 Å². The Balaban J connectivity index is 1.12. The molecular weight excluding hydrogens is 595 g/mol. The molecule has 0 unspecified atom stereocenters. The molecular formula is C42H37FN4O. The predicted octanol–water partition coefficient (Wildman–Crippen LogP) is 10.8. The molecule has 7 aromatic rings. The first kappa shape index (κ1) is 29.9. The normalized spacial score (nSPS) is 17.9. The monoisotopic (exact) mass is 632 g/mol. The van der Waals surface area contributed by atoms with Gasteiger partial charge in [0.25, 0.3) is 0 Å². The fourth-order valence-electron chi connectivity index (χ4n) is 7.87. The van der Waals surface area contributed by atoms with Gasteiger partial charge in [0, 0.05) is 58.3 Å². The van der Waals surface area contributed by atoms with Crippen LogP contribution in [-0.2, 0) is 0 Å². The molecule has 8 rings (SSSR count). The number of hydrogen-bond donors (Lipinski definition) is 0. The van der Waals surface area contributed by atoms with Gasteiger partial charge >= 0.3 is 0 Å². The average molecular weight is 633 g/mol. The molecule has 3 atom stereocenters. The average Bonchev–Trinajstić information content (AvgIpc) is 3.57. The fraction of sp³-hybridized carbons (Fsp3) is 0.190. The molecule has 5 nitrogen and oxygen atoms in total. The van der Waals surface area contributed by atoms with Crippen LogP contribution in [0.2, 0.25) is 0 Å². The lowest BCUT2D eigenvalue weighted by Crippen LogP contribution is -2.20. The standard InChI is InChI=1S/C42H37FN4O/c1-26-21-31(30-11-6-5-7-12-30)22-27(2)41(26)42-28(3)45-47(29(42)4)33-13-10-14-34(24-33)48-35-17-18-37-36-15-8-9-16-38(36)46(39(37)25-35)40-23-32(43)19-20-44-40/h5-21,23-25,27,31,41H,22H2,1-4H3/t27-,31+,41+/m0/s1. The molecule has 1 aliphatic rings. The van der Waals surface area contributed by atoms with E-state index in [-0.39, 0.29) is 5.82 Å². The van der Waals surface area contributed by atoms with E-state index in [9.17, 15) is 4.39 Å². The van der Waals surface area contributed by atoms with Crippen molar-refractivity contribution in [3.63, 3.8) is 0 Å². The molecule has 238 valence electrons. The summed E-state index contributed by atoms with van der Waals surface area (Å²) in [5.41, 5.74) is 9.13. The van der Waals surface area contributed by atoms with Crippen molar-refractivity contribution >= 4 is 21.8 Å². The molecule has 0 saturated heterocycles. The van der Waals surface area contributed by atoms with E-state index in [1.165, 1.54) is 35.0 Å². The van der Waals surface area contributed by atoms with E-state index in [0.717, 1.165) is 45.3 Å². The largest absolute Gasteiger partial charge is 0.457 e. The summed E-state index contributed by atoms with van der Waals surface area (Å²) in [6, 6.07) is 35.9. The molecule has 0 radical (unpaired) electrons. The van der Waals surface area contributed by atoms with Gasteiger partial charge in [-0.1, -0.05) is 73.2 Å². The van der Waals surface area contributed by atoms with Crippen LogP contribution in [0.3, 0.4) is 0 Å². The molecule has 0 fully saturated rings. The van der Waals surface area contributed by atoms with Crippen molar-refractivity contribution in [3.05, 3.63) is 155 Å². The first-order valence-electron chi connectivity index (χ1n) is 16.6. The van der Waals surface area contributed by atoms with Crippen LogP contribution in [0.4, 0.5) is 4.39 Å². The van der Waals surface area contributed by atoms with E-state index < -0.39 is 0 Å². The lowest BCUT2D eigenvalue weighted by molar-refractivity contribution is 0.420. The number of halogens is 1. The first-order chi connectivity index (χ1) is 23.4. The van der Waals surface area contributed by atoms with E-state index in [4.69, 9.17) is 9.84 Å². The van der Waals surface area contributed by atoms with E-state index in [1.54, 1.807) is 0 Å². The highest BCUT2D eigenvalue weighted by Gasteiger charge is 2.33. The van der Waals surface area contributed by atoms with Crippen LogP contribution >= 0.6 is 0 Å². The molecule has 48 heavy (non-hydrogen) atoms. The molecule has 0 bridgehead atoms. The van der Waals surface area contributed by atoms with Crippen LogP contribution in [0.1, 0.15) is 54.6 Å². The number of rotatable bonds is 6. The minimum Gasteiger partial charge on any atom is -0.457 e. The Bertz CT molecular complexity index is 2330. The lowest BCUT2D eigenvalue weighted by Gasteiger charge is -2.34. The number of para-hydroxylation sites is 1. The number of fused-ring (bicyclic) bond motifs is 3. The molecule has 0 aliphatic heterocycles. The highest BCUT2D eigenvalue weighted by molar-refractivity contribution is 6.09. The number of benzene rings is 4. The van der Waals surface area contributed by atoms with Gasteiger partial charge in [0.05, 0.1) is 22.4 Å². The van der Waals surface area contributed by atoms with Crippen LogP contribution in [-0.4, -0.2) is 19.3 Å². The molecule has 4 aromatic carbocycles. The van der Waals surface area contributed by atoms with Crippen molar-refractivity contribution in [3.8, 4) is 23.0 Å². The zero-order valence-electron chi connectivity index (χ0n) is 27.6. The second-order valence-electron chi connectivity index (χ2n) is 13.1. The van der Waals surface area contributed by atoms with Crippen molar-refractivity contribution in [1.82, 2.24) is 19.3 Å². The second kappa shape index (κ2) is 11.9. The number of allylic oxidation sites excluding steroid dienone is 2. The fourth-order valence-corrected chi connectivity index (χ4v) is 7.87. The zero-order chi connectivity index (χ0) is 32.9. The summed E-state index contributed by atoms with van der Waals surface area (Å²) < 4.78 is 24.8. The van der Waals surface area contributed by atoms with Crippen molar-refractivity contribution in [2.24, 2.45) is 5.92 Å². The number of hydrogen-bond acceptors (Lipinski definition) is 3. The number of aryl methyl sites for hydroxylation is 1. The first-order valence-corrected chi connectivity index (χ1v) is 16.6. The van der Waals surface area contributed by atoms with Gasteiger partial charge in [0.2, 0.25) is 0 Å². The third kappa shape index (κ3) is 5.18. The predicted molar refractivity (Wildman–Crippen MR) is 191 cm³/mol. The van der Waals surface area contributed by atoms with Crippen LogP contribution in [0.5, 0.6) is 11.5 Å². The van der Waals surface area contributed by atoms with Gasteiger partial charge in [-0.15, -0.1) is 0 Å². The smallest absolute Gasteiger partial charge is 0.140 e. The molecule has 0 N–H and O–H groups in total. The minimum absolute atomic E-state index is 0.323. The van der Waals surface area contributed by atoms with Gasteiger partial charge < -0.3 is 4.74 Å². The van der Waals surface area contributed by atoms with E-state index in [1.807, 2.05) is 53.1 Å². The Hall–Kier alpha value is -5.49. The summed E-state index contributed by atoms with van der Waals surface area (Å²) in [5, 5.41) is 7.18. The van der Waals surface area contributed by atoms with Gasteiger partial charge in [-0.2, -0.15) is 5.10 Å². The van der Waals surface area contributed by atoms with Crippen LogP contribution in [0, 0.1) is 25.6 Å². The van der Waals surface area contributed by atoms with Crippen molar-refractivity contribution in [1.29, 1.82) is 0 Å². The molecule has 6 heteroatoms. The van der Waals surface area contributed by atoms with Gasteiger partial charge in [-0.3, -0.25) is 4.57 Å². The maximum atomic E-state index is 14.3. The molecule has 0 spiro atoms. The number of ether oxygens (including phenoxy) is 1. The SMILES string of the molecule is CC1=C[C@@H](c2ccccc2)C[C@H](C)[C@@H]1c1c(C)nn(-c2cccc(Oc3ccc4c5ccccc5n(-c5cc(F)ccn5)c4c3)c2)c1C. The Kier molecular flexibility index (Phi) is 7.44. The van der Waals surface area contributed by atoms with Gasteiger partial charge in [0.15, 0.2) is 0 Å². The van der Waals surface area contributed by atoms with Crippen LogP contribution in [0.15, 0.2) is 127 Å². The molecule has 3 aromatic heterocycles. The maximum absolute atomic E-state index is 14.3. The highest BCUT2D eigenvalue weighted by atomic mass is 19.1. The Morgan fingerprint density at radius 2 is 1.54 bits per heavy atom. The summed E-state index contributed by atoms with van der Waals surface area (Å²) in [6.45, 7) is 8.97. The van der Waals surface area contributed by atoms with Gasteiger partial charge in [-0.25, -0.2) is 14.1 Å². The van der Waals surface area contributed by atoms with E-state index in [0.29, 0.717) is 35.1 Å².